The lowest BCUT2D eigenvalue weighted by Crippen LogP contribution is -2.03. The van der Waals surface area contributed by atoms with Crippen LogP contribution >= 0.6 is 11.6 Å². The SMILES string of the molecule is Nc1c(Nc2ccc(F)c(Cl)c2)ncnc1Oc1cccc2ccccc12. The number of nitrogens with one attached hydrogen (secondary N) is 1. The number of benzene rings is 3. The molecule has 0 saturated heterocycles. The van der Waals surface area contributed by atoms with Gasteiger partial charge in [-0.3, -0.25) is 0 Å². The number of halogens is 2. The average Bonchev–Trinajstić information content (AvgIpc) is 2.68. The molecule has 134 valence electrons. The van der Waals surface area contributed by atoms with Gasteiger partial charge in [-0.1, -0.05) is 48.0 Å². The summed E-state index contributed by atoms with van der Waals surface area (Å²) in [4.78, 5) is 8.26. The minimum atomic E-state index is -0.502. The molecular formula is C20H14ClFN4O. The van der Waals surface area contributed by atoms with E-state index in [0.717, 1.165) is 10.8 Å². The minimum absolute atomic E-state index is 0.000133. The third-order valence-electron chi connectivity index (χ3n) is 3.99. The molecule has 4 rings (SSSR count). The van der Waals surface area contributed by atoms with Crippen LogP contribution < -0.4 is 15.8 Å². The van der Waals surface area contributed by atoms with Crippen molar-refractivity contribution in [3.8, 4) is 11.6 Å². The van der Waals surface area contributed by atoms with E-state index in [1.54, 1.807) is 0 Å². The first-order valence-electron chi connectivity index (χ1n) is 8.10. The molecule has 0 bridgehead atoms. The summed E-state index contributed by atoms with van der Waals surface area (Å²) in [6.45, 7) is 0. The van der Waals surface area contributed by atoms with Crippen molar-refractivity contribution in [2.24, 2.45) is 0 Å². The van der Waals surface area contributed by atoms with Gasteiger partial charge in [0.05, 0.1) is 5.02 Å². The van der Waals surface area contributed by atoms with Crippen molar-refractivity contribution in [1.29, 1.82) is 0 Å². The lowest BCUT2D eigenvalue weighted by molar-refractivity contribution is 0.470. The van der Waals surface area contributed by atoms with Crippen molar-refractivity contribution in [2.75, 3.05) is 11.1 Å². The summed E-state index contributed by atoms with van der Waals surface area (Å²) in [5.41, 5.74) is 6.94. The van der Waals surface area contributed by atoms with Crippen LogP contribution in [0.4, 0.5) is 21.6 Å². The van der Waals surface area contributed by atoms with Crippen molar-refractivity contribution in [2.45, 2.75) is 0 Å². The Morgan fingerprint density at radius 2 is 1.81 bits per heavy atom. The predicted molar refractivity (Wildman–Crippen MR) is 105 cm³/mol. The number of hydrogen-bond donors (Lipinski definition) is 2. The monoisotopic (exact) mass is 380 g/mol. The average molecular weight is 381 g/mol. The van der Waals surface area contributed by atoms with Gasteiger partial charge in [0.15, 0.2) is 5.82 Å². The van der Waals surface area contributed by atoms with E-state index >= 15 is 0 Å². The van der Waals surface area contributed by atoms with Crippen molar-refractivity contribution in [3.05, 3.63) is 77.8 Å². The van der Waals surface area contributed by atoms with Crippen LogP contribution in [0.1, 0.15) is 0 Å². The molecule has 0 aliphatic carbocycles. The molecule has 0 aliphatic heterocycles. The van der Waals surface area contributed by atoms with E-state index in [1.165, 1.54) is 24.5 Å². The number of nitrogen functional groups attached to an aromatic ring is 1. The number of rotatable bonds is 4. The van der Waals surface area contributed by atoms with Crippen LogP contribution in [0.15, 0.2) is 67.0 Å². The molecule has 0 fully saturated rings. The molecule has 0 unspecified atom stereocenters. The standard InChI is InChI=1S/C20H14ClFN4O/c21-15-10-13(8-9-16(15)22)26-19-18(23)20(25-11-24-19)27-17-7-3-5-12-4-1-2-6-14(12)17/h1-11H,23H2,(H,24,25,26). The number of nitrogens with two attached hydrogens (primary N) is 1. The molecule has 1 aromatic heterocycles. The Hall–Kier alpha value is -3.38. The van der Waals surface area contributed by atoms with E-state index < -0.39 is 5.82 Å². The molecule has 0 radical (unpaired) electrons. The molecule has 5 nitrogen and oxygen atoms in total. The first-order chi connectivity index (χ1) is 13.1. The predicted octanol–water partition coefficient (Wildman–Crippen LogP) is 5.54. The maximum atomic E-state index is 13.3. The first-order valence-corrected chi connectivity index (χ1v) is 8.48. The van der Waals surface area contributed by atoms with Crippen molar-refractivity contribution in [3.63, 3.8) is 0 Å². The van der Waals surface area contributed by atoms with Crippen LogP contribution in [0.25, 0.3) is 10.8 Å². The summed E-state index contributed by atoms with van der Waals surface area (Å²) in [6, 6.07) is 17.8. The van der Waals surface area contributed by atoms with E-state index in [0.29, 0.717) is 17.3 Å². The number of anilines is 3. The number of nitrogens with zero attached hydrogens (tertiary/aromatic N) is 2. The molecule has 7 heteroatoms. The fraction of sp³-hybridized carbons (Fsp3) is 0. The van der Waals surface area contributed by atoms with Gasteiger partial charge < -0.3 is 15.8 Å². The highest BCUT2D eigenvalue weighted by atomic mass is 35.5. The number of ether oxygens (including phenoxy) is 1. The second kappa shape index (κ2) is 7.09. The Balaban J connectivity index is 1.66. The Morgan fingerprint density at radius 1 is 1.00 bits per heavy atom. The summed E-state index contributed by atoms with van der Waals surface area (Å²) in [6.07, 6.45) is 1.34. The molecule has 0 spiro atoms. The summed E-state index contributed by atoms with van der Waals surface area (Å²) >= 11 is 5.81. The van der Waals surface area contributed by atoms with E-state index in [2.05, 4.69) is 15.3 Å². The van der Waals surface area contributed by atoms with Gasteiger partial charge >= 0.3 is 0 Å². The Morgan fingerprint density at radius 3 is 2.67 bits per heavy atom. The smallest absolute Gasteiger partial charge is 0.248 e. The van der Waals surface area contributed by atoms with Gasteiger partial charge in [0, 0.05) is 11.1 Å². The largest absolute Gasteiger partial charge is 0.436 e. The lowest BCUT2D eigenvalue weighted by Gasteiger charge is -2.13. The van der Waals surface area contributed by atoms with Crippen molar-refractivity contribution in [1.82, 2.24) is 9.97 Å². The fourth-order valence-electron chi connectivity index (χ4n) is 2.66. The summed E-state index contributed by atoms with van der Waals surface area (Å²) in [7, 11) is 0. The topological polar surface area (TPSA) is 73.1 Å². The Labute approximate surface area is 159 Å². The van der Waals surface area contributed by atoms with Crippen LogP contribution in [0, 0.1) is 5.82 Å². The zero-order chi connectivity index (χ0) is 18.8. The Bertz CT molecular complexity index is 1130. The van der Waals surface area contributed by atoms with E-state index in [9.17, 15) is 4.39 Å². The zero-order valence-electron chi connectivity index (χ0n) is 14.0. The van der Waals surface area contributed by atoms with Crippen LogP contribution in [0.5, 0.6) is 11.6 Å². The molecule has 27 heavy (non-hydrogen) atoms. The molecule has 0 amide bonds. The van der Waals surface area contributed by atoms with Crippen molar-refractivity contribution >= 4 is 39.6 Å². The van der Waals surface area contributed by atoms with Gasteiger partial charge in [-0.2, -0.15) is 4.98 Å². The van der Waals surface area contributed by atoms with E-state index in [1.807, 2.05) is 42.5 Å². The molecule has 0 aliphatic rings. The highest BCUT2D eigenvalue weighted by molar-refractivity contribution is 6.31. The van der Waals surface area contributed by atoms with Gasteiger partial charge in [-0.05, 0) is 29.7 Å². The lowest BCUT2D eigenvalue weighted by atomic mass is 10.1. The van der Waals surface area contributed by atoms with Crippen LogP contribution in [-0.4, -0.2) is 9.97 Å². The Kier molecular flexibility index (Phi) is 4.48. The molecular weight excluding hydrogens is 367 g/mol. The molecule has 4 aromatic rings. The minimum Gasteiger partial charge on any atom is -0.436 e. The fourth-order valence-corrected chi connectivity index (χ4v) is 2.84. The molecule has 3 N–H and O–H groups in total. The third-order valence-corrected chi connectivity index (χ3v) is 4.28. The van der Waals surface area contributed by atoms with Crippen LogP contribution in [0.2, 0.25) is 5.02 Å². The van der Waals surface area contributed by atoms with E-state index in [-0.39, 0.29) is 16.6 Å². The van der Waals surface area contributed by atoms with Gasteiger partial charge in [0.25, 0.3) is 0 Å². The molecule has 3 aromatic carbocycles. The van der Waals surface area contributed by atoms with Gasteiger partial charge in [-0.15, -0.1) is 0 Å². The molecule has 0 saturated carbocycles. The number of aromatic nitrogens is 2. The third kappa shape index (κ3) is 3.47. The van der Waals surface area contributed by atoms with Crippen molar-refractivity contribution < 1.29 is 9.13 Å². The second-order valence-corrected chi connectivity index (χ2v) is 6.18. The highest BCUT2D eigenvalue weighted by Gasteiger charge is 2.13. The molecule has 0 atom stereocenters. The van der Waals surface area contributed by atoms with Crippen LogP contribution in [0.3, 0.4) is 0 Å². The zero-order valence-corrected chi connectivity index (χ0v) is 14.7. The highest BCUT2D eigenvalue weighted by Crippen LogP contribution is 2.34. The van der Waals surface area contributed by atoms with Gasteiger partial charge in [-0.25, -0.2) is 9.37 Å². The summed E-state index contributed by atoms with van der Waals surface area (Å²) < 4.78 is 19.3. The van der Waals surface area contributed by atoms with Gasteiger partial charge in [0.2, 0.25) is 5.88 Å². The summed E-state index contributed by atoms with van der Waals surface area (Å²) in [5, 5.41) is 4.98. The second-order valence-electron chi connectivity index (χ2n) is 5.77. The first kappa shape index (κ1) is 17.1. The summed E-state index contributed by atoms with van der Waals surface area (Å²) in [5.74, 6) is 0.687. The molecule has 1 heterocycles. The maximum absolute atomic E-state index is 13.3. The van der Waals surface area contributed by atoms with Gasteiger partial charge in [0.1, 0.15) is 23.6 Å². The van der Waals surface area contributed by atoms with Crippen LogP contribution in [-0.2, 0) is 0 Å². The quantitative estimate of drug-likeness (QED) is 0.486. The normalized spacial score (nSPS) is 10.7. The maximum Gasteiger partial charge on any atom is 0.248 e. The number of fused-ring (bicyclic) bond motifs is 1. The number of hydrogen-bond acceptors (Lipinski definition) is 5. The van der Waals surface area contributed by atoms with E-state index in [4.69, 9.17) is 22.1 Å².